The van der Waals surface area contributed by atoms with Crippen LogP contribution < -0.4 is 5.32 Å². The number of halogens is 1. The summed E-state index contributed by atoms with van der Waals surface area (Å²) in [6, 6.07) is 8.01. The lowest BCUT2D eigenvalue weighted by molar-refractivity contribution is -0.117. The van der Waals surface area contributed by atoms with Crippen molar-refractivity contribution in [2.75, 3.05) is 0 Å². The fourth-order valence-electron chi connectivity index (χ4n) is 1.17. The number of nitrogens with one attached hydrogen (secondary N) is 1. The Morgan fingerprint density at radius 2 is 2.19 bits per heavy atom. The first-order valence-corrected chi connectivity index (χ1v) is 6.16. The van der Waals surface area contributed by atoms with Crippen LogP contribution in [0.2, 0.25) is 0 Å². The Balaban J connectivity index is 2.60. The summed E-state index contributed by atoms with van der Waals surface area (Å²) >= 11 is 3.43. The van der Waals surface area contributed by atoms with Gasteiger partial charge in [-0.05, 0) is 31.1 Å². The zero-order valence-corrected chi connectivity index (χ0v) is 11.1. The minimum absolute atomic E-state index is 0.0508. The molecule has 3 heteroatoms. The van der Waals surface area contributed by atoms with E-state index >= 15 is 0 Å². The van der Waals surface area contributed by atoms with Crippen molar-refractivity contribution in [3.63, 3.8) is 0 Å². The molecule has 16 heavy (non-hydrogen) atoms. The molecule has 0 aliphatic carbocycles. The molecule has 86 valence electrons. The van der Waals surface area contributed by atoms with E-state index in [9.17, 15) is 4.79 Å². The Morgan fingerprint density at radius 3 is 2.81 bits per heavy atom. The van der Waals surface area contributed by atoms with Crippen LogP contribution in [0.5, 0.6) is 0 Å². The largest absolute Gasteiger partial charge is 0.350 e. The van der Waals surface area contributed by atoms with E-state index in [1.807, 2.05) is 44.2 Å². The summed E-state index contributed by atoms with van der Waals surface area (Å²) in [5.41, 5.74) is 1.00. The number of carbonyl (C=O) groups is 1. The van der Waals surface area contributed by atoms with Crippen LogP contribution in [0.3, 0.4) is 0 Å². The van der Waals surface area contributed by atoms with E-state index in [0.717, 1.165) is 16.5 Å². The Bertz CT molecular complexity index is 387. The van der Waals surface area contributed by atoms with Crippen molar-refractivity contribution in [3.05, 3.63) is 40.4 Å². The first kappa shape index (κ1) is 13.0. The zero-order chi connectivity index (χ0) is 12.0. The highest BCUT2D eigenvalue weighted by atomic mass is 79.9. The van der Waals surface area contributed by atoms with Crippen molar-refractivity contribution in [3.8, 4) is 0 Å². The van der Waals surface area contributed by atoms with E-state index in [1.54, 1.807) is 6.08 Å². The molecule has 0 saturated carbocycles. The van der Waals surface area contributed by atoms with Gasteiger partial charge in [0.15, 0.2) is 0 Å². The van der Waals surface area contributed by atoms with Crippen molar-refractivity contribution in [1.82, 2.24) is 5.32 Å². The molecule has 2 nitrogen and oxygen atoms in total. The maximum atomic E-state index is 11.5. The number of hydrogen-bond donors (Lipinski definition) is 1. The van der Waals surface area contributed by atoms with Crippen LogP contribution in [0.15, 0.2) is 34.8 Å². The average molecular weight is 282 g/mol. The second-order valence-electron chi connectivity index (χ2n) is 3.67. The molecule has 0 aromatic heterocycles. The summed E-state index contributed by atoms with van der Waals surface area (Å²) in [6.45, 7) is 4.03. The third kappa shape index (κ3) is 4.19. The molecule has 1 rings (SSSR count). The molecule has 0 spiro atoms. The van der Waals surface area contributed by atoms with Crippen LogP contribution in [-0.4, -0.2) is 11.9 Å². The van der Waals surface area contributed by atoms with Gasteiger partial charge in [-0.2, -0.15) is 0 Å². The SMILES string of the molecule is CC[C@H](C)NC(=O)/C=C\c1ccccc1Br. The molecule has 0 aliphatic heterocycles. The topological polar surface area (TPSA) is 29.1 Å². The van der Waals surface area contributed by atoms with E-state index in [2.05, 4.69) is 21.2 Å². The third-order valence-electron chi connectivity index (χ3n) is 2.32. The Morgan fingerprint density at radius 1 is 1.50 bits per heavy atom. The second kappa shape index (κ2) is 6.48. The van der Waals surface area contributed by atoms with Gasteiger partial charge >= 0.3 is 0 Å². The molecule has 1 amide bonds. The van der Waals surface area contributed by atoms with E-state index in [0.29, 0.717) is 0 Å². The molecule has 0 bridgehead atoms. The minimum atomic E-state index is -0.0508. The lowest BCUT2D eigenvalue weighted by Crippen LogP contribution is -2.30. The summed E-state index contributed by atoms with van der Waals surface area (Å²) in [7, 11) is 0. The molecule has 1 aromatic rings. The van der Waals surface area contributed by atoms with Crippen LogP contribution in [0, 0.1) is 0 Å². The molecular formula is C13H16BrNO. The lowest BCUT2D eigenvalue weighted by atomic mass is 10.2. The zero-order valence-electron chi connectivity index (χ0n) is 9.53. The number of benzene rings is 1. The van der Waals surface area contributed by atoms with Gasteiger partial charge in [0.2, 0.25) is 5.91 Å². The predicted octanol–water partition coefficient (Wildman–Crippen LogP) is 3.38. The average Bonchev–Trinajstić information content (AvgIpc) is 2.28. The van der Waals surface area contributed by atoms with Gasteiger partial charge in [0.25, 0.3) is 0 Å². The van der Waals surface area contributed by atoms with Crippen LogP contribution in [0.1, 0.15) is 25.8 Å². The third-order valence-corrected chi connectivity index (χ3v) is 3.04. The molecule has 0 aliphatic rings. The lowest BCUT2D eigenvalue weighted by Gasteiger charge is -2.08. The smallest absolute Gasteiger partial charge is 0.244 e. The quantitative estimate of drug-likeness (QED) is 0.843. The van der Waals surface area contributed by atoms with E-state index < -0.39 is 0 Å². The molecule has 0 heterocycles. The van der Waals surface area contributed by atoms with Crippen molar-refractivity contribution in [2.45, 2.75) is 26.3 Å². The minimum Gasteiger partial charge on any atom is -0.350 e. The van der Waals surface area contributed by atoms with Gasteiger partial charge in [-0.25, -0.2) is 0 Å². The second-order valence-corrected chi connectivity index (χ2v) is 4.53. The van der Waals surface area contributed by atoms with Gasteiger partial charge in [-0.3, -0.25) is 4.79 Å². The Kier molecular flexibility index (Phi) is 5.26. The van der Waals surface area contributed by atoms with E-state index in [-0.39, 0.29) is 11.9 Å². The first-order chi connectivity index (χ1) is 7.63. The van der Waals surface area contributed by atoms with Crippen molar-refractivity contribution in [2.24, 2.45) is 0 Å². The van der Waals surface area contributed by atoms with Gasteiger partial charge in [0.1, 0.15) is 0 Å². The molecule has 1 N–H and O–H groups in total. The summed E-state index contributed by atoms with van der Waals surface area (Å²) in [4.78, 5) is 11.5. The maximum Gasteiger partial charge on any atom is 0.244 e. The summed E-state index contributed by atoms with van der Waals surface area (Å²) in [5, 5.41) is 2.88. The van der Waals surface area contributed by atoms with E-state index in [4.69, 9.17) is 0 Å². The highest BCUT2D eigenvalue weighted by Crippen LogP contribution is 2.16. The number of hydrogen-bond acceptors (Lipinski definition) is 1. The fraction of sp³-hybridized carbons (Fsp3) is 0.308. The fourth-order valence-corrected chi connectivity index (χ4v) is 1.59. The summed E-state index contributed by atoms with van der Waals surface area (Å²) < 4.78 is 0.989. The number of carbonyl (C=O) groups excluding carboxylic acids is 1. The van der Waals surface area contributed by atoms with Gasteiger partial charge in [0, 0.05) is 16.6 Å². The van der Waals surface area contributed by atoms with Crippen LogP contribution in [0.4, 0.5) is 0 Å². The molecule has 1 aromatic carbocycles. The number of amides is 1. The summed E-state index contributed by atoms with van der Waals surface area (Å²) in [6.07, 6.45) is 4.31. The first-order valence-electron chi connectivity index (χ1n) is 5.36. The van der Waals surface area contributed by atoms with Crippen molar-refractivity contribution < 1.29 is 4.79 Å². The van der Waals surface area contributed by atoms with Crippen molar-refractivity contribution in [1.29, 1.82) is 0 Å². The molecule has 1 atom stereocenters. The standard InChI is InChI=1S/C13H16BrNO/c1-3-10(2)15-13(16)9-8-11-6-4-5-7-12(11)14/h4-10H,3H2,1-2H3,(H,15,16)/b9-8-/t10-/m0/s1. The van der Waals surface area contributed by atoms with Crippen LogP contribution in [-0.2, 0) is 4.79 Å². The predicted molar refractivity (Wildman–Crippen MR) is 71.1 cm³/mol. The monoisotopic (exact) mass is 281 g/mol. The van der Waals surface area contributed by atoms with Crippen LogP contribution in [0.25, 0.3) is 6.08 Å². The molecule has 0 radical (unpaired) electrons. The van der Waals surface area contributed by atoms with Gasteiger partial charge in [-0.15, -0.1) is 0 Å². The number of rotatable bonds is 4. The molecule has 0 unspecified atom stereocenters. The normalized spacial score (nSPS) is 12.7. The molecule has 0 saturated heterocycles. The maximum absolute atomic E-state index is 11.5. The summed E-state index contributed by atoms with van der Waals surface area (Å²) in [5.74, 6) is -0.0508. The van der Waals surface area contributed by atoms with Gasteiger partial charge < -0.3 is 5.32 Å². The van der Waals surface area contributed by atoms with Crippen LogP contribution >= 0.6 is 15.9 Å². The van der Waals surface area contributed by atoms with E-state index in [1.165, 1.54) is 0 Å². The van der Waals surface area contributed by atoms with Gasteiger partial charge in [0.05, 0.1) is 0 Å². The highest BCUT2D eigenvalue weighted by Gasteiger charge is 2.01. The molecule has 0 fully saturated rings. The van der Waals surface area contributed by atoms with Crippen molar-refractivity contribution >= 4 is 27.9 Å². The Hall–Kier alpha value is -1.09. The Labute approximate surface area is 105 Å². The highest BCUT2D eigenvalue weighted by molar-refractivity contribution is 9.10. The van der Waals surface area contributed by atoms with Gasteiger partial charge in [-0.1, -0.05) is 41.1 Å². The molecular weight excluding hydrogens is 266 g/mol.